The highest BCUT2D eigenvalue weighted by molar-refractivity contribution is 6.09. The molecule has 9 heteroatoms. The van der Waals surface area contributed by atoms with E-state index in [0.29, 0.717) is 22.6 Å². The molecule has 1 aliphatic rings. The number of nitrogens with zero attached hydrogens (tertiary/aromatic N) is 1. The van der Waals surface area contributed by atoms with Crippen molar-refractivity contribution in [2.24, 2.45) is 0 Å². The lowest BCUT2D eigenvalue weighted by Gasteiger charge is -2.20. The van der Waals surface area contributed by atoms with Gasteiger partial charge in [-0.1, -0.05) is 11.8 Å². The van der Waals surface area contributed by atoms with Crippen LogP contribution in [0.3, 0.4) is 0 Å². The molecule has 0 saturated carbocycles. The van der Waals surface area contributed by atoms with E-state index in [4.69, 9.17) is 4.74 Å². The largest absolute Gasteiger partial charge is 0.497 e. The predicted molar refractivity (Wildman–Crippen MR) is 103 cm³/mol. The topological polar surface area (TPSA) is 92.6 Å². The van der Waals surface area contributed by atoms with E-state index >= 15 is 0 Å². The quantitative estimate of drug-likeness (QED) is 0.455. The maximum absolute atomic E-state index is 13.9. The molecule has 1 aromatic heterocycles. The summed E-state index contributed by atoms with van der Waals surface area (Å²) < 4.78 is 33.6. The van der Waals surface area contributed by atoms with Gasteiger partial charge in [-0.3, -0.25) is 10.1 Å². The Kier molecular flexibility index (Phi) is 4.54. The van der Waals surface area contributed by atoms with Crippen molar-refractivity contribution < 1.29 is 28.2 Å². The number of benzene rings is 2. The van der Waals surface area contributed by atoms with Crippen molar-refractivity contribution in [1.29, 1.82) is 0 Å². The summed E-state index contributed by atoms with van der Waals surface area (Å²) in [6, 6.07) is 7.13. The molecule has 0 aliphatic carbocycles. The fourth-order valence-electron chi connectivity index (χ4n) is 3.22. The fraction of sp³-hybridized carbons (Fsp3) is 0.143. The zero-order chi connectivity index (χ0) is 21.5. The number of aromatic nitrogens is 1. The Bertz CT molecular complexity index is 1260. The molecule has 30 heavy (non-hydrogen) atoms. The van der Waals surface area contributed by atoms with Crippen LogP contribution in [0.15, 0.2) is 42.6 Å². The van der Waals surface area contributed by atoms with Crippen LogP contribution in [0.25, 0.3) is 10.8 Å². The normalized spacial score (nSPS) is 18.0. The van der Waals surface area contributed by atoms with Crippen molar-refractivity contribution in [2.45, 2.75) is 12.1 Å². The average molecular weight is 411 g/mol. The number of imide groups is 1. The Morgan fingerprint density at radius 3 is 2.67 bits per heavy atom. The van der Waals surface area contributed by atoms with Gasteiger partial charge in [0.05, 0.1) is 19.2 Å². The van der Waals surface area contributed by atoms with Crippen molar-refractivity contribution in [3.05, 3.63) is 59.8 Å². The minimum Gasteiger partial charge on any atom is -0.497 e. The molecule has 0 unspecified atom stereocenters. The van der Waals surface area contributed by atoms with Crippen LogP contribution in [0.1, 0.15) is 5.56 Å². The lowest BCUT2D eigenvalue weighted by molar-refractivity contribution is -0.122. The van der Waals surface area contributed by atoms with Gasteiger partial charge in [-0.25, -0.2) is 13.6 Å². The predicted octanol–water partition coefficient (Wildman–Crippen LogP) is 2.26. The standard InChI is InChI=1S/C21H15F2N3O4/c1-30-15-5-3-13-10-26(18(27)16(13)9-15)11-21(19(28)24-20(29)25-21)7-6-12-2-4-14(22)8-17(12)23/h2-5,8-10,27H,11H2,1H3,(H2,24,25,28,29)/t21-/m1/s1. The first kappa shape index (κ1) is 19.3. The summed E-state index contributed by atoms with van der Waals surface area (Å²) in [6.45, 7) is -0.247. The smallest absolute Gasteiger partial charge is 0.323 e. The molecule has 7 nitrogen and oxygen atoms in total. The summed E-state index contributed by atoms with van der Waals surface area (Å²) in [5, 5.41) is 16.3. The highest BCUT2D eigenvalue weighted by Gasteiger charge is 2.46. The number of ether oxygens (including phenoxy) is 1. The number of nitrogens with one attached hydrogen (secondary N) is 2. The number of hydrogen-bond donors (Lipinski definition) is 3. The molecule has 2 aromatic carbocycles. The van der Waals surface area contributed by atoms with Gasteiger partial charge < -0.3 is 19.7 Å². The van der Waals surface area contributed by atoms with Crippen LogP contribution in [0.2, 0.25) is 0 Å². The van der Waals surface area contributed by atoms with Crippen LogP contribution in [-0.2, 0) is 11.3 Å². The van der Waals surface area contributed by atoms with Gasteiger partial charge in [-0.2, -0.15) is 0 Å². The van der Waals surface area contributed by atoms with Crippen molar-refractivity contribution >= 4 is 22.7 Å². The van der Waals surface area contributed by atoms with Crippen LogP contribution in [0.4, 0.5) is 13.6 Å². The van der Waals surface area contributed by atoms with E-state index in [1.165, 1.54) is 11.7 Å². The van der Waals surface area contributed by atoms with E-state index in [2.05, 4.69) is 22.5 Å². The fourth-order valence-corrected chi connectivity index (χ4v) is 3.22. The van der Waals surface area contributed by atoms with Gasteiger partial charge >= 0.3 is 6.03 Å². The molecule has 3 amide bonds. The number of fused-ring (bicyclic) bond motifs is 1. The maximum atomic E-state index is 13.9. The van der Waals surface area contributed by atoms with E-state index in [1.54, 1.807) is 24.4 Å². The molecule has 0 radical (unpaired) electrons. The summed E-state index contributed by atoms with van der Waals surface area (Å²) in [6.07, 6.45) is 1.59. The molecular weight excluding hydrogens is 396 g/mol. The number of aromatic hydroxyl groups is 1. The number of halogens is 2. The second-order valence-electron chi connectivity index (χ2n) is 6.72. The van der Waals surface area contributed by atoms with E-state index in [-0.39, 0.29) is 18.0 Å². The SMILES string of the molecule is COc1ccc2cn(C[C@@]3(C#Cc4ccc(F)cc4F)NC(=O)NC3=O)c(O)c2c1. The van der Waals surface area contributed by atoms with Gasteiger partial charge in [0.25, 0.3) is 5.91 Å². The summed E-state index contributed by atoms with van der Waals surface area (Å²) in [5.41, 5.74) is -1.91. The van der Waals surface area contributed by atoms with Crippen molar-refractivity contribution in [2.75, 3.05) is 7.11 Å². The number of rotatable bonds is 3. The molecule has 0 spiro atoms. The van der Waals surface area contributed by atoms with Crippen molar-refractivity contribution in [1.82, 2.24) is 15.2 Å². The highest BCUT2D eigenvalue weighted by atomic mass is 19.1. The first-order chi connectivity index (χ1) is 14.3. The number of carbonyl (C=O) groups is 2. The Morgan fingerprint density at radius 1 is 1.20 bits per heavy atom. The zero-order valence-corrected chi connectivity index (χ0v) is 15.6. The molecular formula is C21H15F2N3O4. The number of hydrogen-bond acceptors (Lipinski definition) is 4. The van der Waals surface area contributed by atoms with E-state index < -0.39 is 29.1 Å². The molecule has 152 valence electrons. The van der Waals surface area contributed by atoms with Gasteiger partial charge in [0.15, 0.2) is 5.88 Å². The van der Waals surface area contributed by atoms with Crippen molar-refractivity contribution in [3.63, 3.8) is 0 Å². The molecule has 1 atom stereocenters. The van der Waals surface area contributed by atoms with Gasteiger partial charge in [0.1, 0.15) is 17.4 Å². The minimum absolute atomic E-state index is 0.142. The zero-order valence-electron chi connectivity index (χ0n) is 15.6. The number of urea groups is 1. The maximum Gasteiger partial charge on any atom is 0.323 e. The van der Waals surface area contributed by atoms with E-state index in [9.17, 15) is 23.5 Å². The molecule has 0 bridgehead atoms. The van der Waals surface area contributed by atoms with Gasteiger partial charge in [-0.15, -0.1) is 0 Å². The highest BCUT2D eigenvalue weighted by Crippen LogP contribution is 2.32. The number of carbonyl (C=O) groups excluding carboxylic acids is 2. The van der Waals surface area contributed by atoms with Crippen LogP contribution in [-0.4, -0.2) is 34.3 Å². The third-order valence-corrected chi connectivity index (χ3v) is 4.76. The van der Waals surface area contributed by atoms with Gasteiger partial charge in [0.2, 0.25) is 5.54 Å². The third-order valence-electron chi connectivity index (χ3n) is 4.76. The summed E-state index contributed by atoms with van der Waals surface area (Å²) >= 11 is 0. The van der Waals surface area contributed by atoms with Crippen LogP contribution >= 0.6 is 0 Å². The molecule has 2 heterocycles. The van der Waals surface area contributed by atoms with Gasteiger partial charge in [0, 0.05) is 23.0 Å². The second kappa shape index (κ2) is 7.08. The first-order valence-electron chi connectivity index (χ1n) is 8.79. The van der Waals surface area contributed by atoms with Gasteiger partial charge in [-0.05, 0) is 30.3 Å². The minimum atomic E-state index is -1.77. The second-order valence-corrected chi connectivity index (χ2v) is 6.72. The summed E-state index contributed by atoms with van der Waals surface area (Å²) in [7, 11) is 1.49. The Balaban J connectivity index is 1.77. The third kappa shape index (κ3) is 3.28. The number of amides is 3. The Hall–Kier alpha value is -4.06. The lowest BCUT2D eigenvalue weighted by atomic mass is 9.99. The monoisotopic (exact) mass is 411 g/mol. The van der Waals surface area contributed by atoms with E-state index in [0.717, 1.165) is 12.1 Å². The van der Waals surface area contributed by atoms with Crippen LogP contribution in [0.5, 0.6) is 11.6 Å². The Morgan fingerprint density at radius 2 is 2.00 bits per heavy atom. The molecule has 1 fully saturated rings. The summed E-state index contributed by atoms with van der Waals surface area (Å²) in [5.74, 6) is 3.02. The molecule has 3 N–H and O–H groups in total. The van der Waals surface area contributed by atoms with Crippen LogP contribution in [0, 0.1) is 23.5 Å². The molecule has 3 aromatic rings. The molecule has 4 rings (SSSR count). The average Bonchev–Trinajstić information content (AvgIpc) is 3.16. The first-order valence-corrected chi connectivity index (χ1v) is 8.79. The number of methoxy groups -OCH3 is 1. The van der Waals surface area contributed by atoms with Crippen molar-refractivity contribution in [3.8, 4) is 23.5 Å². The van der Waals surface area contributed by atoms with Crippen LogP contribution < -0.4 is 15.4 Å². The van der Waals surface area contributed by atoms with E-state index in [1.807, 2.05) is 0 Å². The molecule has 1 saturated heterocycles. The molecule has 1 aliphatic heterocycles. The Labute approximate surface area is 169 Å². The lowest BCUT2D eigenvalue weighted by Crippen LogP contribution is -2.49. The summed E-state index contributed by atoms with van der Waals surface area (Å²) in [4.78, 5) is 24.3.